The molecular formula is C12H10F4N4O. The Labute approximate surface area is 116 Å². The Bertz CT molecular complexity index is 615. The van der Waals surface area contributed by atoms with Crippen LogP contribution < -0.4 is 5.32 Å². The molecule has 0 aliphatic carbocycles. The number of aromatic nitrogens is 3. The van der Waals surface area contributed by atoms with Gasteiger partial charge in [-0.15, -0.1) is 0 Å². The molecule has 1 aromatic heterocycles. The van der Waals surface area contributed by atoms with Crippen LogP contribution in [0.2, 0.25) is 0 Å². The van der Waals surface area contributed by atoms with E-state index in [0.29, 0.717) is 12.1 Å². The van der Waals surface area contributed by atoms with Gasteiger partial charge < -0.3 is 5.32 Å². The molecule has 2 rings (SSSR count). The number of halogens is 4. The summed E-state index contributed by atoms with van der Waals surface area (Å²) in [6, 6.07) is 5.89. The Morgan fingerprint density at radius 1 is 1.38 bits per heavy atom. The van der Waals surface area contributed by atoms with Gasteiger partial charge in [0, 0.05) is 5.69 Å². The number of nitrogens with zero attached hydrogens (tertiary/aromatic N) is 3. The average molecular weight is 302 g/mol. The highest BCUT2D eigenvalue weighted by atomic mass is 19.3. The standard InChI is InChI=1S/C12H10F4N4O/c13-10(14)12(15,16)11(21)19-9-3-1-2-8(4-9)5-20-7-17-6-18-20/h1-4,6-7,10H,5H2,(H,19,21). The molecule has 2 aromatic rings. The lowest BCUT2D eigenvalue weighted by molar-refractivity contribution is -0.163. The van der Waals surface area contributed by atoms with E-state index in [1.54, 1.807) is 11.4 Å². The molecule has 0 spiro atoms. The molecule has 0 aliphatic rings. The fourth-order valence-electron chi connectivity index (χ4n) is 1.56. The van der Waals surface area contributed by atoms with E-state index in [-0.39, 0.29) is 5.69 Å². The largest absolute Gasteiger partial charge is 0.383 e. The number of amides is 1. The maximum Gasteiger partial charge on any atom is 0.383 e. The minimum atomic E-state index is -4.73. The van der Waals surface area contributed by atoms with Crippen molar-refractivity contribution < 1.29 is 22.4 Å². The number of hydrogen-bond donors (Lipinski definition) is 1. The number of nitrogens with one attached hydrogen (secondary N) is 1. The third-order valence-electron chi connectivity index (χ3n) is 2.57. The maximum absolute atomic E-state index is 12.8. The van der Waals surface area contributed by atoms with E-state index in [1.807, 2.05) is 0 Å². The zero-order valence-electron chi connectivity index (χ0n) is 10.5. The average Bonchev–Trinajstić information content (AvgIpc) is 2.91. The molecule has 0 saturated heterocycles. The highest BCUT2D eigenvalue weighted by Gasteiger charge is 2.48. The molecule has 9 heteroatoms. The van der Waals surface area contributed by atoms with E-state index in [0.717, 1.165) is 0 Å². The molecule has 112 valence electrons. The highest BCUT2D eigenvalue weighted by Crippen LogP contribution is 2.25. The van der Waals surface area contributed by atoms with Crippen molar-refractivity contribution in [2.75, 3.05) is 5.32 Å². The van der Waals surface area contributed by atoms with Gasteiger partial charge in [-0.25, -0.2) is 18.4 Å². The fraction of sp³-hybridized carbons (Fsp3) is 0.250. The molecule has 21 heavy (non-hydrogen) atoms. The molecule has 1 amide bonds. The summed E-state index contributed by atoms with van der Waals surface area (Å²) < 4.78 is 51.3. The molecule has 5 nitrogen and oxygen atoms in total. The summed E-state index contributed by atoms with van der Waals surface area (Å²) in [5.41, 5.74) is 0.636. The van der Waals surface area contributed by atoms with Crippen molar-refractivity contribution in [3.8, 4) is 0 Å². The van der Waals surface area contributed by atoms with Gasteiger partial charge in [0.2, 0.25) is 0 Å². The smallest absolute Gasteiger partial charge is 0.321 e. The molecule has 0 unspecified atom stereocenters. The van der Waals surface area contributed by atoms with Crippen LogP contribution >= 0.6 is 0 Å². The first-order valence-electron chi connectivity index (χ1n) is 5.78. The van der Waals surface area contributed by atoms with Gasteiger partial charge in [0.1, 0.15) is 12.7 Å². The number of carbonyl (C=O) groups excluding carboxylic acids is 1. The van der Waals surface area contributed by atoms with Crippen LogP contribution in [-0.4, -0.2) is 33.0 Å². The predicted octanol–water partition coefficient (Wildman–Crippen LogP) is 2.17. The number of alkyl halides is 4. The second-order valence-electron chi connectivity index (χ2n) is 4.17. The van der Waals surface area contributed by atoms with Crippen molar-refractivity contribution in [3.05, 3.63) is 42.5 Å². The highest BCUT2D eigenvalue weighted by molar-refractivity contribution is 5.96. The number of benzene rings is 1. The van der Waals surface area contributed by atoms with Crippen LogP contribution in [0.4, 0.5) is 23.2 Å². The molecule has 0 aliphatic heterocycles. The molecule has 1 aromatic carbocycles. The Balaban J connectivity index is 2.09. The molecule has 0 radical (unpaired) electrons. The van der Waals surface area contributed by atoms with Crippen LogP contribution in [0.3, 0.4) is 0 Å². The lowest BCUT2D eigenvalue weighted by Crippen LogP contribution is -2.40. The summed E-state index contributed by atoms with van der Waals surface area (Å²) in [6.07, 6.45) is -1.28. The van der Waals surface area contributed by atoms with Gasteiger partial charge in [-0.2, -0.15) is 13.9 Å². The molecule has 1 N–H and O–H groups in total. The number of carbonyl (C=O) groups is 1. The van der Waals surface area contributed by atoms with Gasteiger partial charge in [-0.1, -0.05) is 12.1 Å². The Kier molecular flexibility index (Phi) is 4.20. The summed E-state index contributed by atoms with van der Waals surface area (Å²) in [7, 11) is 0. The fourth-order valence-corrected chi connectivity index (χ4v) is 1.56. The Morgan fingerprint density at radius 3 is 2.76 bits per heavy atom. The van der Waals surface area contributed by atoms with Crippen molar-refractivity contribution in [1.82, 2.24) is 14.8 Å². The molecule has 0 atom stereocenters. The second kappa shape index (κ2) is 5.90. The lowest BCUT2D eigenvalue weighted by Gasteiger charge is -2.15. The lowest BCUT2D eigenvalue weighted by atomic mass is 10.2. The molecule has 1 heterocycles. The first-order chi connectivity index (χ1) is 9.89. The number of hydrogen-bond acceptors (Lipinski definition) is 3. The molecule has 0 bridgehead atoms. The number of anilines is 1. The van der Waals surface area contributed by atoms with Gasteiger partial charge in [-0.05, 0) is 17.7 Å². The summed E-state index contributed by atoms with van der Waals surface area (Å²) >= 11 is 0. The monoisotopic (exact) mass is 302 g/mol. The third kappa shape index (κ3) is 3.56. The van der Waals surface area contributed by atoms with Crippen molar-refractivity contribution in [2.24, 2.45) is 0 Å². The third-order valence-corrected chi connectivity index (χ3v) is 2.57. The van der Waals surface area contributed by atoms with Crippen LogP contribution in [0, 0.1) is 0 Å². The van der Waals surface area contributed by atoms with Gasteiger partial charge in [0.15, 0.2) is 0 Å². The minimum absolute atomic E-state index is 0.00191. The van der Waals surface area contributed by atoms with E-state index in [4.69, 9.17) is 0 Å². The zero-order valence-corrected chi connectivity index (χ0v) is 10.5. The normalized spacial score (nSPS) is 11.7. The van der Waals surface area contributed by atoms with Crippen molar-refractivity contribution in [3.63, 3.8) is 0 Å². The topological polar surface area (TPSA) is 59.8 Å². The summed E-state index contributed by atoms with van der Waals surface area (Å²) in [5.74, 6) is -6.78. The van der Waals surface area contributed by atoms with Gasteiger partial charge in [0.05, 0.1) is 6.54 Å². The Morgan fingerprint density at radius 2 is 2.14 bits per heavy atom. The predicted molar refractivity (Wildman–Crippen MR) is 65.1 cm³/mol. The van der Waals surface area contributed by atoms with E-state index in [9.17, 15) is 22.4 Å². The van der Waals surface area contributed by atoms with Gasteiger partial charge >= 0.3 is 18.3 Å². The molecular weight excluding hydrogens is 292 g/mol. The van der Waals surface area contributed by atoms with Crippen molar-refractivity contribution in [2.45, 2.75) is 18.9 Å². The molecule has 0 fully saturated rings. The number of rotatable bonds is 5. The molecule has 0 saturated carbocycles. The first kappa shape index (κ1) is 14.9. The maximum atomic E-state index is 12.8. The zero-order chi connectivity index (χ0) is 15.5. The summed E-state index contributed by atoms with van der Waals surface area (Å²) in [6.45, 7) is 0.301. The van der Waals surface area contributed by atoms with Crippen LogP contribution in [-0.2, 0) is 11.3 Å². The minimum Gasteiger partial charge on any atom is -0.321 e. The van der Waals surface area contributed by atoms with E-state index in [2.05, 4.69) is 10.1 Å². The Hall–Kier alpha value is -2.45. The van der Waals surface area contributed by atoms with E-state index >= 15 is 0 Å². The summed E-state index contributed by atoms with van der Waals surface area (Å²) in [4.78, 5) is 14.9. The van der Waals surface area contributed by atoms with E-state index < -0.39 is 18.3 Å². The van der Waals surface area contributed by atoms with Gasteiger partial charge in [0.25, 0.3) is 0 Å². The van der Waals surface area contributed by atoms with Crippen LogP contribution in [0.15, 0.2) is 36.9 Å². The van der Waals surface area contributed by atoms with Crippen molar-refractivity contribution in [1.29, 1.82) is 0 Å². The van der Waals surface area contributed by atoms with E-state index in [1.165, 1.54) is 35.5 Å². The van der Waals surface area contributed by atoms with Crippen molar-refractivity contribution >= 4 is 11.6 Å². The van der Waals surface area contributed by atoms with Crippen LogP contribution in [0.25, 0.3) is 0 Å². The second-order valence-corrected chi connectivity index (χ2v) is 4.17. The van der Waals surface area contributed by atoms with Gasteiger partial charge in [-0.3, -0.25) is 4.79 Å². The van der Waals surface area contributed by atoms with Crippen LogP contribution in [0.1, 0.15) is 5.56 Å². The quantitative estimate of drug-likeness (QED) is 0.861. The summed E-state index contributed by atoms with van der Waals surface area (Å²) in [5, 5.41) is 5.63. The SMILES string of the molecule is O=C(Nc1cccc(Cn2cncn2)c1)C(F)(F)C(F)F. The van der Waals surface area contributed by atoms with Crippen LogP contribution in [0.5, 0.6) is 0 Å². The first-order valence-corrected chi connectivity index (χ1v) is 5.78.